The van der Waals surface area contributed by atoms with Crippen LogP contribution in [0.15, 0.2) is 47.6 Å². The van der Waals surface area contributed by atoms with Gasteiger partial charge in [0.25, 0.3) is 0 Å². The van der Waals surface area contributed by atoms with E-state index in [4.69, 9.17) is 23.2 Å². The number of nitrogens with zero attached hydrogens (tertiary/aromatic N) is 2. The number of fused-ring (bicyclic) bond motifs is 1. The van der Waals surface area contributed by atoms with Crippen molar-refractivity contribution in [1.82, 2.24) is 10.2 Å². The zero-order chi connectivity index (χ0) is 14.1. The number of nitrogens with one attached hydrogen (secondary N) is 1. The number of H-pyrrole nitrogens is 1. The molecular formula is C15H11Cl2N3. The molecule has 1 aromatic heterocycles. The molecule has 0 spiro atoms. The minimum atomic E-state index is 0.506. The number of hydrogen-bond acceptors (Lipinski definition) is 2. The van der Waals surface area contributed by atoms with Gasteiger partial charge in [0.1, 0.15) is 0 Å². The quantitative estimate of drug-likeness (QED) is 0.664. The summed E-state index contributed by atoms with van der Waals surface area (Å²) < 4.78 is 0. The maximum atomic E-state index is 5.99. The van der Waals surface area contributed by atoms with Crippen LogP contribution >= 0.6 is 23.2 Å². The van der Waals surface area contributed by atoms with E-state index in [1.54, 1.807) is 18.3 Å². The summed E-state index contributed by atoms with van der Waals surface area (Å²) in [5.41, 5.74) is 3.75. The SMILES string of the molecule is C/C(=N\c1ccc(Cl)c(Cl)c1)c1ccc2[nH]ncc2c1. The van der Waals surface area contributed by atoms with Crippen molar-refractivity contribution in [2.45, 2.75) is 6.92 Å². The lowest BCUT2D eigenvalue weighted by atomic mass is 10.1. The van der Waals surface area contributed by atoms with Crippen LogP contribution in [0.1, 0.15) is 12.5 Å². The third-order valence-electron chi connectivity index (χ3n) is 3.06. The van der Waals surface area contributed by atoms with Crippen molar-refractivity contribution in [2.75, 3.05) is 0 Å². The summed E-state index contributed by atoms with van der Waals surface area (Å²) in [6, 6.07) is 11.4. The Bertz CT molecular complexity index is 806. The van der Waals surface area contributed by atoms with Crippen LogP contribution in [0.25, 0.3) is 10.9 Å². The Balaban J connectivity index is 1.99. The first kappa shape index (κ1) is 13.2. The third-order valence-corrected chi connectivity index (χ3v) is 3.80. The van der Waals surface area contributed by atoms with E-state index >= 15 is 0 Å². The van der Waals surface area contributed by atoms with Gasteiger partial charge in [0, 0.05) is 11.1 Å². The highest BCUT2D eigenvalue weighted by molar-refractivity contribution is 6.42. The van der Waals surface area contributed by atoms with Gasteiger partial charge in [-0.05, 0) is 42.8 Å². The predicted molar refractivity (Wildman–Crippen MR) is 84.4 cm³/mol. The molecule has 0 radical (unpaired) electrons. The fraction of sp³-hybridized carbons (Fsp3) is 0.0667. The number of aliphatic imine (C=N–C) groups is 1. The molecule has 0 saturated carbocycles. The van der Waals surface area contributed by atoms with E-state index in [1.165, 1.54) is 0 Å². The van der Waals surface area contributed by atoms with Crippen molar-refractivity contribution in [3.63, 3.8) is 0 Å². The molecule has 3 aromatic rings. The van der Waals surface area contributed by atoms with Gasteiger partial charge >= 0.3 is 0 Å². The Kier molecular flexibility index (Phi) is 3.47. The number of benzene rings is 2. The Labute approximate surface area is 126 Å². The second kappa shape index (κ2) is 5.27. The molecule has 100 valence electrons. The molecule has 0 atom stereocenters. The van der Waals surface area contributed by atoms with Gasteiger partial charge in [-0.15, -0.1) is 0 Å². The van der Waals surface area contributed by atoms with Crippen LogP contribution in [-0.4, -0.2) is 15.9 Å². The lowest BCUT2D eigenvalue weighted by Crippen LogP contribution is -1.93. The number of hydrogen-bond donors (Lipinski definition) is 1. The average Bonchev–Trinajstić information content (AvgIpc) is 2.90. The van der Waals surface area contributed by atoms with Crippen LogP contribution in [0, 0.1) is 0 Å². The number of aromatic amines is 1. The zero-order valence-corrected chi connectivity index (χ0v) is 12.2. The van der Waals surface area contributed by atoms with E-state index in [9.17, 15) is 0 Å². The first-order valence-electron chi connectivity index (χ1n) is 6.07. The topological polar surface area (TPSA) is 41.0 Å². The zero-order valence-electron chi connectivity index (χ0n) is 10.7. The molecule has 0 amide bonds. The smallest absolute Gasteiger partial charge is 0.0650 e. The average molecular weight is 304 g/mol. The predicted octanol–water partition coefficient (Wildman–Crippen LogP) is 5.01. The Morgan fingerprint density at radius 1 is 1.10 bits per heavy atom. The van der Waals surface area contributed by atoms with E-state index in [2.05, 4.69) is 21.3 Å². The number of rotatable bonds is 2. The second-order valence-corrected chi connectivity index (χ2v) is 5.28. The van der Waals surface area contributed by atoms with E-state index < -0.39 is 0 Å². The van der Waals surface area contributed by atoms with Crippen molar-refractivity contribution in [1.29, 1.82) is 0 Å². The van der Waals surface area contributed by atoms with Crippen LogP contribution in [0.4, 0.5) is 5.69 Å². The van der Waals surface area contributed by atoms with Crippen LogP contribution in [-0.2, 0) is 0 Å². The summed E-state index contributed by atoms with van der Waals surface area (Å²) in [6.45, 7) is 1.96. The minimum Gasteiger partial charge on any atom is -0.278 e. The molecule has 1 N–H and O–H groups in total. The van der Waals surface area contributed by atoms with Crippen LogP contribution in [0.3, 0.4) is 0 Å². The molecule has 5 heteroatoms. The Morgan fingerprint density at radius 3 is 2.75 bits per heavy atom. The van der Waals surface area contributed by atoms with Crippen molar-refractivity contribution >= 4 is 45.5 Å². The van der Waals surface area contributed by atoms with Crippen molar-refractivity contribution in [3.05, 3.63) is 58.2 Å². The molecule has 0 aliphatic rings. The highest BCUT2D eigenvalue weighted by atomic mass is 35.5. The monoisotopic (exact) mass is 303 g/mol. The lowest BCUT2D eigenvalue weighted by molar-refractivity contribution is 1.12. The summed E-state index contributed by atoms with van der Waals surface area (Å²) in [7, 11) is 0. The molecule has 0 bridgehead atoms. The molecule has 20 heavy (non-hydrogen) atoms. The van der Waals surface area contributed by atoms with Crippen molar-refractivity contribution in [2.24, 2.45) is 4.99 Å². The maximum absolute atomic E-state index is 5.99. The summed E-state index contributed by atoms with van der Waals surface area (Å²) in [6.07, 6.45) is 1.80. The highest BCUT2D eigenvalue weighted by Crippen LogP contribution is 2.27. The molecule has 0 aliphatic carbocycles. The first-order chi connectivity index (χ1) is 9.63. The van der Waals surface area contributed by atoms with Crippen molar-refractivity contribution < 1.29 is 0 Å². The molecule has 0 fully saturated rings. The van der Waals surface area contributed by atoms with E-state index in [1.807, 2.05) is 25.1 Å². The van der Waals surface area contributed by atoms with Gasteiger partial charge in [-0.3, -0.25) is 10.1 Å². The number of halogens is 2. The second-order valence-electron chi connectivity index (χ2n) is 4.47. The summed E-state index contributed by atoms with van der Waals surface area (Å²) in [5, 5.41) is 9.03. The van der Waals surface area contributed by atoms with Gasteiger partial charge in [-0.25, -0.2) is 0 Å². The molecule has 0 aliphatic heterocycles. The van der Waals surface area contributed by atoms with Crippen LogP contribution in [0.2, 0.25) is 10.0 Å². The molecule has 3 nitrogen and oxygen atoms in total. The fourth-order valence-electron chi connectivity index (χ4n) is 1.98. The summed E-state index contributed by atoms with van der Waals surface area (Å²) in [5.74, 6) is 0. The molecule has 2 aromatic carbocycles. The Hall–Kier alpha value is -1.84. The van der Waals surface area contributed by atoms with Gasteiger partial charge in [-0.1, -0.05) is 29.3 Å². The van der Waals surface area contributed by atoms with E-state index in [0.29, 0.717) is 10.0 Å². The molecule has 0 unspecified atom stereocenters. The molecule has 3 rings (SSSR count). The van der Waals surface area contributed by atoms with Gasteiger partial charge in [0.05, 0.1) is 27.4 Å². The largest absolute Gasteiger partial charge is 0.278 e. The van der Waals surface area contributed by atoms with Gasteiger partial charge in [-0.2, -0.15) is 5.10 Å². The summed E-state index contributed by atoms with van der Waals surface area (Å²) in [4.78, 5) is 4.57. The molecule has 0 saturated heterocycles. The first-order valence-corrected chi connectivity index (χ1v) is 6.83. The van der Waals surface area contributed by atoms with E-state index in [-0.39, 0.29) is 0 Å². The standard InChI is InChI=1S/C15H11Cl2N3/c1-9(19-12-3-4-13(16)14(17)7-12)10-2-5-15-11(6-10)8-18-20-15/h2-8H,1H3,(H,18,20)/b19-9+. The van der Waals surface area contributed by atoms with Gasteiger partial charge in [0.15, 0.2) is 0 Å². The maximum Gasteiger partial charge on any atom is 0.0650 e. The Morgan fingerprint density at radius 2 is 1.95 bits per heavy atom. The van der Waals surface area contributed by atoms with Crippen LogP contribution in [0.5, 0.6) is 0 Å². The lowest BCUT2D eigenvalue weighted by Gasteiger charge is -2.03. The normalized spacial score (nSPS) is 12.1. The minimum absolute atomic E-state index is 0.506. The molecule has 1 heterocycles. The molecular weight excluding hydrogens is 293 g/mol. The van der Waals surface area contributed by atoms with Crippen molar-refractivity contribution in [3.8, 4) is 0 Å². The van der Waals surface area contributed by atoms with Crippen LogP contribution < -0.4 is 0 Å². The van der Waals surface area contributed by atoms with Gasteiger partial charge < -0.3 is 0 Å². The van der Waals surface area contributed by atoms with E-state index in [0.717, 1.165) is 27.9 Å². The third kappa shape index (κ3) is 2.55. The van der Waals surface area contributed by atoms with Gasteiger partial charge in [0.2, 0.25) is 0 Å². The highest BCUT2D eigenvalue weighted by Gasteiger charge is 2.03. The summed E-state index contributed by atoms with van der Waals surface area (Å²) >= 11 is 11.9. The number of aromatic nitrogens is 2. The fourth-order valence-corrected chi connectivity index (χ4v) is 2.27.